The van der Waals surface area contributed by atoms with Gasteiger partial charge in [0.15, 0.2) is 23.2 Å². The van der Waals surface area contributed by atoms with Crippen molar-refractivity contribution >= 4 is 22.9 Å². The van der Waals surface area contributed by atoms with Crippen LogP contribution in [0.1, 0.15) is 17.4 Å². The summed E-state index contributed by atoms with van der Waals surface area (Å²) >= 11 is 0. The molecule has 1 aliphatic heterocycles. The van der Waals surface area contributed by atoms with Crippen LogP contribution in [-0.4, -0.2) is 59.8 Å². The van der Waals surface area contributed by atoms with Crippen LogP contribution in [0, 0.1) is 0 Å². The Morgan fingerprint density at radius 3 is 2.41 bits per heavy atom. The first-order valence-electron chi connectivity index (χ1n) is 13.2. The minimum atomic E-state index is -1.34. The molecule has 1 aliphatic rings. The molecule has 0 unspecified atom stereocenters. The topological polar surface area (TPSA) is 161 Å². The van der Waals surface area contributed by atoms with Gasteiger partial charge in [0.1, 0.15) is 37.0 Å². The fourth-order valence-corrected chi connectivity index (χ4v) is 4.94. The number of imidazole rings is 1. The molecule has 4 atom stereocenters. The maximum absolute atomic E-state index is 10.8. The Labute approximate surface area is 235 Å². The second-order valence-corrected chi connectivity index (χ2v) is 9.78. The average Bonchev–Trinajstić information content (AvgIpc) is 3.52. The molecule has 0 saturated carbocycles. The zero-order valence-corrected chi connectivity index (χ0v) is 22.0. The van der Waals surface area contributed by atoms with Crippen molar-refractivity contribution in [2.24, 2.45) is 0 Å². The highest BCUT2D eigenvalue weighted by Gasteiger charge is 2.45. The van der Waals surface area contributed by atoms with Crippen molar-refractivity contribution in [2.75, 3.05) is 17.7 Å². The molecule has 6 rings (SSSR count). The molecule has 210 valence electrons. The fourth-order valence-electron chi connectivity index (χ4n) is 4.94. The highest BCUT2D eigenvalue weighted by molar-refractivity contribution is 5.84. The van der Waals surface area contributed by atoms with E-state index in [9.17, 15) is 15.3 Å². The predicted octanol–water partition coefficient (Wildman–Crippen LogP) is 2.88. The van der Waals surface area contributed by atoms with E-state index in [-0.39, 0.29) is 5.82 Å². The van der Waals surface area contributed by atoms with Gasteiger partial charge in [-0.3, -0.25) is 4.57 Å². The molecule has 0 aliphatic carbocycles. The van der Waals surface area contributed by atoms with Gasteiger partial charge in [-0.05, 0) is 22.8 Å². The Hall–Kier alpha value is -4.55. The van der Waals surface area contributed by atoms with E-state index in [1.807, 2.05) is 78.9 Å². The van der Waals surface area contributed by atoms with Crippen molar-refractivity contribution < 1.29 is 24.8 Å². The molecule has 1 saturated heterocycles. The van der Waals surface area contributed by atoms with E-state index in [0.29, 0.717) is 36.0 Å². The number of nitrogens with zero attached hydrogens (tertiary/aromatic N) is 4. The third-order valence-corrected chi connectivity index (χ3v) is 7.13. The summed E-state index contributed by atoms with van der Waals surface area (Å²) in [7, 11) is 0. The van der Waals surface area contributed by atoms with Crippen LogP contribution < -0.4 is 15.8 Å². The largest absolute Gasteiger partial charge is 0.489 e. The number of nitrogen functional groups attached to an aromatic ring is 1. The number of fused-ring (bicyclic) bond motifs is 1. The van der Waals surface area contributed by atoms with Crippen LogP contribution in [0.4, 0.5) is 11.8 Å². The van der Waals surface area contributed by atoms with Gasteiger partial charge in [-0.2, -0.15) is 0 Å². The molecular formula is C30H30N6O5. The summed E-state index contributed by atoms with van der Waals surface area (Å²) in [5.41, 5.74) is 10.7. The molecule has 0 spiro atoms. The Morgan fingerprint density at radius 1 is 0.927 bits per heavy atom. The van der Waals surface area contributed by atoms with Gasteiger partial charge in [-0.15, -0.1) is 0 Å². The third-order valence-electron chi connectivity index (χ3n) is 7.13. The molecule has 3 aromatic carbocycles. The molecule has 5 aromatic rings. The predicted molar refractivity (Wildman–Crippen MR) is 153 cm³/mol. The number of benzene rings is 3. The van der Waals surface area contributed by atoms with E-state index >= 15 is 0 Å². The van der Waals surface area contributed by atoms with Crippen LogP contribution in [0.5, 0.6) is 5.75 Å². The van der Waals surface area contributed by atoms with Gasteiger partial charge in [0.25, 0.3) is 0 Å². The number of rotatable bonds is 9. The molecule has 11 nitrogen and oxygen atoms in total. The van der Waals surface area contributed by atoms with Gasteiger partial charge in [0.05, 0.1) is 6.61 Å². The summed E-state index contributed by atoms with van der Waals surface area (Å²) in [5, 5.41) is 34.1. The highest BCUT2D eigenvalue weighted by Crippen LogP contribution is 2.36. The molecular weight excluding hydrogens is 524 g/mol. The average molecular weight is 555 g/mol. The van der Waals surface area contributed by atoms with Crippen LogP contribution in [0.3, 0.4) is 0 Å². The van der Waals surface area contributed by atoms with Gasteiger partial charge < -0.3 is 35.8 Å². The van der Waals surface area contributed by atoms with Gasteiger partial charge in [0.2, 0.25) is 5.95 Å². The number of hydrogen-bond acceptors (Lipinski definition) is 10. The normalized spacial score (nSPS) is 20.4. The molecule has 1 fully saturated rings. The Bertz CT molecular complexity index is 1630. The molecule has 0 radical (unpaired) electrons. The van der Waals surface area contributed by atoms with Crippen LogP contribution in [0.15, 0.2) is 85.2 Å². The van der Waals surface area contributed by atoms with E-state index in [4.69, 9.17) is 15.2 Å². The van der Waals surface area contributed by atoms with Crippen molar-refractivity contribution in [3.05, 3.63) is 96.3 Å². The van der Waals surface area contributed by atoms with E-state index in [2.05, 4.69) is 20.3 Å². The van der Waals surface area contributed by atoms with Gasteiger partial charge in [0, 0.05) is 12.1 Å². The number of anilines is 2. The molecule has 11 heteroatoms. The molecule has 2 aromatic heterocycles. The highest BCUT2D eigenvalue weighted by atomic mass is 16.6. The molecule has 3 heterocycles. The van der Waals surface area contributed by atoms with Crippen LogP contribution >= 0.6 is 0 Å². The summed E-state index contributed by atoms with van der Waals surface area (Å²) < 4.78 is 13.6. The summed E-state index contributed by atoms with van der Waals surface area (Å²) in [5.74, 6) is 1.14. The first-order chi connectivity index (χ1) is 20.0. The van der Waals surface area contributed by atoms with Crippen molar-refractivity contribution in [1.82, 2.24) is 19.5 Å². The number of aromatic nitrogens is 4. The van der Waals surface area contributed by atoms with E-state index in [0.717, 1.165) is 22.3 Å². The maximum Gasteiger partial charge on any atom is 0.207 e. The second kappa shape index (κ2) is 11.5. The monoisotopic (exact) mass is 554 g/mol. The smallest absolute Gasteiger partial charge is 0.207 e. The maximum atomic E-state index is 10.8. The summed E-state index contributed by atoms with van der Waals surface area (Å²) in [6.45, 7) is 0.223. The fraction of sp³-hybridized carbons (Fsp3) is 0.233. The standard InChI is InChI=1S/C30H30N6O5/c31-27-24-28(34-17-33-27)36(29-26(39)25(38)23(15-37)41-29)30(35-24)32-14-21-12-11-20(19-9-5-2-6-10-19)13-22(21)40-16-18-7-3-1-4-8-18/h1-13,17,23,25-26,29,37-39H,14-16H2,(H,32,35)(H2,31,33,34)/t23-,25-,26-,29-/m1/s1. The van der Waals surface area contributed by atoms with E-state index in [1.54, 1.807) is 0 Å². The molecule has 6 N–H and O–H groups in total. The van der Waals surface area contributed by atoms with Crippen molar-refractivity contribution in [1.29, 1.82) is 0 Å². The number of nitrogens with two attached hydrogens (primary N) is 1. The lowest BCUT2D eigenvalue weighted by Gasteiger charge is -2.20. The molecule has 0 bridgehead atoms. The van der Waals surface area contributed by atoms with Crippen molar-refractivity contribution in [2.45, 2.75) is 37.7 Å². The first kappa shape index (κ1) is 26.7. The lowest BCUT2D eigenvalue weighted by Crippen LogP contribution is -2.33. The summed E-state index contributed by atoms with van der Waals surface area (Å²) in [6, 6.07) is 26.0. The lowest BCUT2D eigenvalue weighted by atomic mass is 10.0. The minimum Gasteiger partial charge on any atom is -0.489 e. The van der Waals surface area contributed by atoms with Gasteiger partial charge in [-0.1, -0.05) is 72.8 Å². The Morgan fingerprint density at radius 2 is 1.68 bits per heavy atom. The number of aliphatic hydroxyl groups is 3. The van der Waals surface area contributed by atoms with Gasteiger partial charge in [-0.25, -0.2) is 15.0 Å². The molecule has 41 heavy (non-hydrogen) atoms. The summed E-state index contributed by atoms with van der Waals surface area (Å²) in [4.78, 5) is 12.9. The Balaban J connectivity index is 1.34. The number of aliphatic hydroxyl groups excluding tert-OH is 3. The quantitative estimate of drug-likeness (QED) is 0.183. The second-order valence-electron chi connectivity index (χ2n) is 9.78. The number of ether oxygens (including phenoxy) is 2. The minimum absolute atomic E-state index is 0.155. The zero-order valence-electron chi connectivity index (χ0n) is 22.0. The number of nitrogens with one attached hydrogen (secondary N) is 1. The number of hydrogen-bond donors (Lipinski definition) is 5. The van der Waals surface area contributed by atoms with E-state index < -0.39 is 31.1 Å². The van der Waals surface area contributed by atoms with Crippen molar-refractivity contribution in [3.63, 3.8) is 0 Å². The third kappa shape index (κ3) is 5.31. The zero-order chi connectivity index (χ0) is 28.3. The SMILES string of the molecule is Nc1ncnc2c1nc(NCc1ccc(-c3ccccc3)cc1OCc1ccccc1)n2[C@@H]1O[C@H](CO)[C@@H](O)[C@H]1O. The van der Waals surface area contributed by atoms with Crippen LogP contribution in [0.2, 0.25) is 0 Å². The van der Waals surface area contributed by atoms with Crippen LogP contribution in [-0.2, 0) is 17.9 Å². The summed E-state index contributed by atoms with van der Waals surface area (Å²) in [6.07, 6.45) is -3.38. The van der Waals surface area contributed by atoms with Crippen LogP contribution in [0.25, 0.3) is 22.3 Å². The van der Waals surface area contributed by atoms with Gasteiger partial charge >= 0.3 is 0 Å². The van der Waals surface area contributed by atoms with Crippen molar-refractivity contribution in [3.8, 4) is 16.9 Å². The first-order valence-corrected chi connectivity index (χ1v) is 13.2. The Kier molecular flexibility index (Phi) is 7.49. The molecule has 0 amide bonds. The lowest BCUT2D eigenvalue weighted by molar-refractivity contribution is -0.0501. The van der Waals surface area contributed by atoms with E-state index in [1.165, 1.54) is 10.9 Å².